The van der Waals surface area contributed by atoms with Crippen molar-refractivity contribution < 1.29 is 23.9 Å². The second-order valence-corrected chi connectivity index (χ2v) is 11.1. The molecular formula is C36H29NO5. The van der Waals surface area contributed by atoms with Crippen LogP contribution in [-0.4, -0.2) is 41.8 Å². The summed E-state index contributed by atoms with van der Waals surface area (Å²) < 4.78 is 6.75. The first-order chi connectivity index (χ1) is 20.4. The fraction of sp³-hybridized carbons (Fsp3) is 0.222. The summed E-state index contributed by atoms with van der Waals surface area (Å²) in [6, 6.07) is 29.9. The highest BCUT2D eigenvalue weighted by Crippen LogP contribution is 2.67. The third kappa shape index (κ3) is 3.18. The van der Waals surface area contributed by atoms with Crippen LogP contribution in [0.4, 0.5) is 5.69 Å². The Bertz CT molecular complexity index is 1700. The molecule has 1 heterocycles. The molecule has 0 saturated carbocycles. The molecule has 6 heteroatoms. The van der Waals surface area contributed by atoms with Gasteiger partial charge in [0, 0.05) is 41.0 Å². The molecule has 0 amide bonds. The summed E-state index contributed by atoms with van der Waals surface area (Å²) in [7, 11) is 0. The molecule has 7 rings (SSSR count). The van der Waals surface area contributed by atoms with E-state index in [4.69, 9.17) is 4.74 Å². The first-order valence-corrected chi connectivity index (χ1v) is 14.4. The normalized spacial score (nSPS) is 21.3. The van der Waals surface area contributed by atoms with E-state index in [1.54, 1.807) is 72.8 Å². The van der Waals surface area contributed by atoms with Gasteiger partial charge in [0.1, 0.15) is 11.5 Å². The van der Waals surface area contributed by atoms with Gasteiger partial charge < -0.3 is 9.64 Å². The van der Waals surface area contributed by atoms with Crippen LogP contribution >= 0.6 is 0 Å². The van der Waals surface area contributed by atoms with Crippen LogP contribution in [0, 0.1) is 5.41 Å². The fourth-order valence-corrected chi connectivity index (χ4v) is 7.42. The number of ether oxygens (including phenoxy) is 1. The van der Waals surface area contributed by atoms with Crippen molar-refractivity contribution in [3.8, 4) is 0 Å². The lowest BCUT2D eigenvalue weighted by Gasteiger charge is -2.35. The van der Waals surface area contributed by atoms with E-state index in [0.29, 0.717) is 11.1 Å². The maximum Gasteiger partial charge on any atom is 0.204 e. The Balaban J connectivity index is 1.54. The highest BCUT2D eigenvalue weighted by Gasteiger charge is 2.79. The van der Waals surface area contributed by atoms with Gasteiger partial charge in [-0.2, -0.15) is 0 Å². The number of carbonyl (C=O) groups is 4. The summed E-state index contributed by atoms with van der Waals surface area (Å²) in [5.74, 6) is -3.09. The predicted octanol–water partition coefficient (Wildman–Crippen LogP) is 6.27. The Morgan fingerprint density at radius 2 is 1.02 bits per heavy atom. The van der Waals surface area contributed by atoms with Gasteiger partial charge in [-0.3, -0.25) is 19.2 Å². The van der Waals surface area contributed by atoms with Crippen molar-refractivity contribution in [2.45, 2.75) is 31.5 Å². The van der Waals surface area contributed by atoms with E-state index in [0.717, 1.165) is 18.8 Å². The lowest BCUT2D eigenvalue weighted by molar-refractivity contribution is -0.0210. The summed E-state index contributed by atoms with van der Waals surface area (Å²) in [6.45, 7) is 5.73. The molecule has 0 aromatic heterocycles. The number of anilines is 1. The largest absolute Gasteiger partial charge is 0.372 e. The lowest BCUT2D eigenvalue weighted by Crippen LogP contribution is -2.51. The number of hydrogen-bond acceptors (Lipinski definition) is 6. The number of fused-ring (bicyclic) bond motifs is 2. The Hall–Kier alpha value is -4.68. The number of ketones is 4. The smallest absolute Gasteiger partial charge is 0.204 e. The maximum atomic E-state index is 14.8. The number of nitrogens with zero attached hydrogens (tertiary/aromatic N) is 1. The van der Waals surface area contributed by atoms with E-state index >= 15 is 0 Å². The number of hydrogen-bond donors (Lipinski definition) is 0. The van der Waals surface area contributed by atoms with Crippen LogP contribution in [0.5, 0.6) is 0 Å². The highest BCUT2D eigenvalue weighted by atomic mass is 16.5. The summed E-state index contributed by atoms with van der Waals surface area (Å²) in [5.41, 5.74) is -0.848. The minimum atomic E-state index is -2.09. The first kappa shape index (κ1) is 26.2. The van der Waals surface area contributed by atoms with Gasteiger partial charge in [0.05, 0.1) is 5.92 Å². The molecule has 1 fully saturated rings. The molecule has 4 aromatic rings. The Kier molecular flexibility index (Phi) is 5.89. The monoisotopic (exact) mass is 555 g/mol. The van der Waals surface area contributed by atoms with Crippen LogP contribution < -0.4 is 4.90 Å². The second-order valence-electron chi connectivity index (χ2n) is 11.1. The zero-order chi connectivity index (χ0) is 29.2. The van der Waals surface area contributed by atoms with Crippen LogP contribution in [0.15, 0.2) is 103 Å². The zero-order valence-corrected chi connectivity index (χ0v) is 23.4. The van der Waals surface area contributed by atoms with Crippen molar-refractivity contribution in [2.24, 2.45) is 5.41 Å². The van der Waals surface area contributed by atoms with Gasteiger partial charge in [0.25, 0.3) is 0 Å². The van der Waals surface area contributed by atoms with E-state index in [2.05, 4.69) is 18.7 Å². The molecule has 0 bridgehead atoms. The number of rotatable bonds is 5. The minimum absolute atomic E-state index is 0.242. The van der Waals surface area contributed by atoms with Crippen LogP contribution in [-0.2, 0) is 4.74 Å². The van der Waals surface area contributed by atoms with Crippen LogP contribution in [0.2, 0.25) is 0 Å². The molecular weight excluding hydrogens is 526 g/mol. The molecule has 2 unspecified atom stereocenters. The van der Waals surface area contributed by atoms with Crippen molar-refractivity contribution in [1.29, 1.82) is 0 Å². The molecule has 208 valence electrons. The molecule has 2 spiro atoms. The molecule has 42 heavy (non-hydrogen) atoms. The van der Waals surface area contributed by atoms with E-state index in [-0.39, 0.29) is 22.3 Å². The topological polar surface area (TPSA) is 80.8 Å². The first-order valence-electron chi connectivity index (χ1n) is 14.4. The number of carbonyl (C=O) groups excluding carboxylic acids is 4. The molecule has 2 atom stereocenters. The van der Waals surface area contributed by atoms with Crippen molar-refractivity contribution in [2.75, 3.05) is 18.0 Å². The summed E-state index contributed by atoms with van der Waals surface area (Å²) in [4.78, 5) is 60.7. The minimum Gasteiger partial charge on any atom is -0.372 e. The molecule has 1 saturated heterocycles. The molecule has 2 aliphatic carbocycles. The van der Waals surface area contributed by atoms with Gasteiger partial charge in [0.2, 0.25) is 17.2 Å². The Morgan fingerprint density at radius 1 is 0.571 bits per heavy atom. The summed E-state index contributed by atoms with van der Waals surface area (Å²) in [5, 5.41) is 0. The van der Waals surface area contributed by atoms with E-state index < -0.39 is 46.2 Å². The summed E-state index contributed by atoms with van der Waals surface area (Å²) >= 11 is 0. The van der Waals surface area contributed by atoms with Gasteiger partial charge in [0.15, 0.2) is 11.6 Å². The predicted molar refractivity (Wildman–Crippen MR) is 158 cm³/mol. The van der Waals surface area contributed by atoms with Crippen molar-refractivity contribution in [3.63, 3.8) is 0 Å². The molecule has 6 nitrogen and oxygen atoms in total. The highest BCUT2D eigenvalue weighted by molar-refractivity contribution is 6.37. The Labute approximate surface area is 243 Å². The molecule has 4 aromatic carbocycles. The second kappa shape index (κ2) is 9.43. The average molecular weight is 556 g/mol. The van der Waals surface area contributed by atoms with E-state index in [1.807, 2.05) is 30.3 Å². The number of Topliss-reactive ketones (excluding diaryl/α,β-unsaturated/α-hetero) is 4. The van der Waals surface area contributed by atoms with Crippen LogP contribution in [0.25, 0.3) is 0 Å². The van der Waals surface area contributed by atoms with Gasteiger partial charge in [-0.25, -0.2) is 0 Å². The third-order valence-corrected chi connectivity index (χ3v) is 9.30. The van der Waals surface area contributed by atoms with Gasteiger partial charge in [-0.1, -0.05) is 91.0 Å². The number of benzene rings is 4. The van der Waals surface area contributed by atoms with Gasteiger partial charge in [-0.15, -0.1) is 0 Å². The third-order valence-electron chi connectivity index (χ3n) is 9.30. The standard InChI is InChI=1S/C36H29NO5/c1-3-37(4-2)24-20-18-22(19-21-24)29-35(30(38)25-14-8-9-15-26(25)31(35)39)34(23-12-6-5-7-13-23)42-36(29)32(40)27-16-10-11-17-28(27)33(36)41/h5-21,29,34H,3-4H2,1-2H3. The molecule has 3 aliphatic rings. The van der Waals surface area contributed by atoms with Crippen molar-refractivity contribution >= 4 is 28.8 Å². The Morgan fingerprint density at radius 3 is 1.50 bits per heavy atom. The maximum absolute atomic E-state index is 14.8. The molecule has 1 aliphatic heterocycles. The van der Waals surface area contributed by atoms with E-state index in [9.17, 15) is 19.2 Å². The van der Waals surface area contributed by atoms with Crippen LogP contribution in [0.3, 0.4) is 0 Å². The fourth-order valence-electron chi connectivity index (χ4n) is 7.42. The van der Waals surface area contributed by atoms with Crippen molar-refractivity contribution in [1.82, 2.24) is 0 Å². The molecule has 0 N–H and O–H groups in total. The van der Waals surface area contributed by atoms with Crippen molar-refractivity contribution in [3.05, 3.63) is 137 Å². The van der Waals surface area contributed by atoms with Gasteiger partial charge in [-0.05, 0) is 37.1 Å². The quantitative estimate of drug-likeness (QED) is 0.270. The summed E-state index contributed by atoms with van der Waals surface area (Å²) in [6.07, 6.45) is -1.17. The van der Waals surface area contributed by atoms with Crippen LogP contribution in [0.1, 0.15) is 78.4 Å². The molecule has 0 radical (unpaired) electrons. The van der Waals surface area contributed by atoms with Gasteiger partial charge >= 0.3 is 0 Å². The SMILES string of the molecule is CCN(CC)c1ccc(C2C3(OC(c4ccccc4)C24C(=O)c2ccccc2C4=O)C(=O)c2ccccc2C3=O)cc1. The zero-order valence-electron chi connectivity index (χ0n) is 23.4. The lowest BCUT2D eigenvalue weighted by atomic mass is 9.60. The van der Waals surface area contributed by atoms with E-state index in [1.165, 1.54) is 0 Å². The average Bonchev–Trinajstić information content (AvgIpc) is 3.56.